The second-order valence-corrected chi connectivity index (χ2v) is 18.4. The smallest absolute Gasteiger partial charge is 0.0470 e. The molecule has 10 aromatic rings. The average molecular weight is 804 g/mol. The molecule has 3 aliphatic rings. The van der Waals surface area contributed by atoms with Gasteiger partial charge in [0.1, 0.15) is 0 Å². The zero-order chi connectivity index (χ0) is 41.9. The van der Waals surface area contributed by atoms with Crippen LogP contribution in [0.2, 0.25) is 0 Å². The second-order valence-electron chi connectivity index (χ2n) is 18.4. The molecule has 0 saturated heterocycles. The number of aryl methyl sites for hydroxylation is 1. The number of benzene rings is 10. The lowest BCUT2D eigenvalue weighted by Gasteiger charge is -2.31. The average Bonchev–Trinajstić information content (AvgIpc) is 3.95. The minimum Gasteiger partial charge on any atom is -0.310 e. The van der Waals surface area contributed by atoms with Crippen molar-refractivity contribution in [1.82, 2.24) is 0 Å². The number of fused-ring (bicyclic) bond motifs is 13. The van der Waals surface area contributed by atoms with Crippen molar-refractivity contribution in [2.45, 2.75) is 37.5 Å². The Bertz CT molecular complexity index is 3480. The van der Waals surface area contributed by atoms with Gasteiger partial charge in [0.05, 0.1) is 0 Å². The van der Waals surface area contributed by atoms with Gasteiger partial charge in [-0.05, 0) is 155 Å². The molecule has 0 fully saturated rings. The molecule has 63 heavy (non-hydrogen) atoms. The molecule has 0 aromatic heterocycles. The lowest BCUT2D eigenvalue weighted by atomic mass is 9.73. The van der Waals surface area contributed by atoms with Crippen molar-refractivity contribution in [1.29, 1.82) is 0 Å². The fourth-order valence-corrected chi connectivity index (χ4v) is 12.0. The Morgan fingerprint density at radius 1 is 0.365 bits per heavy atom. The molecule has 3 aliphatic carbocycles. The van der Waals surface area contributed by atoms with Gasteiger partial charge in [0.25, 0.3) is 0 Å². The zero-order valence-electron chi connectivity index (χ0n) is 35.6. The lowest BCUT2D eigenvalue weighted by Crippen LogP contribution is -2.24. The minimum atomic E-state index is -0.169. The standard InChI is InChI=1S/C62H45N/c1-61(2)57-20-9-6-16-53(57)55-18-11-17-51(60(55)61)42-26-31-47(32-27-42)63(46-29-24-40(25-30-46)44-28-34-50-45(38-44)23-22-41-12-3-5-14-49(41)50)48-33-35-54-52-15-7-10-21-58(52)62(59(54)39-48)37-36-43-13-4-8-19-56(43)62/h3-35,38-39H,36-37H2,1-2H3. The maximum Gasteiger partial charge on any atom is 0.0470 e. The van der Waals surface area contributed by atoms with E-state index < -0.39 is 0 Å². The maximum atomic E-state index is 2.51. The molecule has 13 rings (SSSR count). The van der Waals surface area contributed by atoms with Crippen LogP contribution in [-0.4, -0.2) is 0 Å². The summed E-state index contributed by atoms with van der Waals surface area (Å²) in [5.74, 6) is 0. The summed E-state index contributed by atoms with van der Waals surface area (Å²) in [6.45, 7) is 4.75. The van der Waals surface area contributed by atoms with E-state index in [4.69, 9.17) is 0 Å². The van der Waals surface area contributed by atoms with Gasteiger partial charge in [-0.3, -0.25) is 0 Å². The van der Waals surface area contributed by atoms with Gasteiger partial charge in [-0.15, -0.1) is 0 Å². The van der Waals surface area contributed by atoms with Crippen molar-refractivity contribution >= 4 is 38.6 Å². The summed E-state index contributed by atoms with van der Waals surface area (Å²) in [5, 5.41) is 5.12. The Morgan fingerprint density at radius 2 is 0.937 bits per heavy atom. The number of hydrogen-bond donors (Lipinski definition) is 0. The van der Waals surface area contributed by atoms with E-state index in [1.54, 1.807) is 0 Å². The topological polar surface area (TPSA) is 3.24 Å². The van der Waals surface area contributed by atoms with E-state index in [0.717, 1.165) is 24.2 Å². The molecule has 0 heterocycles. The monoisotopic (exact) mass is 803 g/mol. The Hall–Kier alpha value is -7.48. The van der Waals surface area contributed by atoms with E-state index >= 15 is 0 Å². The fourth-order valence-electron chi connectivity index (χ4n) is 12.0. The van der Waals surface area contributed by atoms with Gasteiger partial charge in [-0.25, -0.2) is 0 Å². The molecular formula is C62H45N. The van der Waals surface area contributed by atoms with E-state index in [1.807, 2.05) is 0 Å². The molecule has 0 N–H and O–H groups in total. The number of rotatable bonds is 5. The summed E-state index contributed by atoms with van der Waals surface area (Å²) in [5.41, 5.74) is 22.1. The van der Waals surface area contributed by atoms with Crippen molar-refractivity contribution in [3.05, 3.63) is 246 Å². The molecule has 1 nitrogen and oxygen atoms in total. The van der Waals surface area contributed by atoms with Gasteiger partial charge in [0, 0.05) is 27.9 Å². The van der Waals surface area contributed by atoms with Gasteiger partial charge in [0.2, 0.25) is 0 Å². The lowest BCUT2D eigenvalue weighted by molar-refractivity contribution is 0.626. The van der Waals surface area contributed by atoms with Crippen LogP contribution >= 0.6 is 0 Å². The molecule has 0 radical (unpaired) electrons. The Kier molecular flexibility index (Phi) is 7.76. The van der Waals surface area contributed by atoms with Crippen LogP contribution in [0.4, 0.5) is 17.1 Å². The van der Waals surface area contributed by atoms with Gasteiger partial charge in [-0.1, -0.05) is 184 Å². The largest absolute Gasteiger partial charge is 0.310 e. The Balaban J connectivity index is 0.945. The summed E-state index contributed by atoms with van der Waals surface area (Å²) < 4.78 is 0. The van der Waals surface area contributed by atoms with Crippen LogP contribution in [0.1, 0.15) is 53.6 Å². The van der Waals surface area contributed by atoms with Gasteiger partial charge >= 0.3 is 0 Å². The number of anilines is 3. The first kappa shape index (κ1) is 36.2. The highest BCUT2D eigenvalue weighted by atomic mass is 15.1. The maximum absolute atomic E-state index is 2.51. The molecule has 298 valence electrons. The highest BCUT2D eigenvalue weighted by molar-refractivity contribution is 6.08. The fraction of sp³-hybridized carbons (Fsp3) is 0.0968. The van der Waals surface area contributed by atoms with E-state index in [1.165, 1.54) is 105 Å². The minimum absolute atomic E-state index is 0.0926. The van der Waals surface area contributed by atoms with Crippen LogP contribution in [0.3, 0.4) is 0 Å². The molecule has 1 spiro atoms. The number of nitrogens with zero attached hydrogens (tertiary/aromatic N) is 1. The quantitative estimate of drug-likeness (QED) is 0.157. The highest BCUT2D eigenvalue weighted by Crippen LogP contribution is 2.59. The van der Waals surface area contributed by atoms with Crippen LogP contribution in [-0.2, 0) is 17.3 Å². The summed E-state index contributed by atoms with van der Waals surface area (Å²) in [6, 6.07) is 79.9. The van der Waals surface area contributed by atoms with Crippen LogP contribution < -0.4 is 4.90 Å². The Morgan fingerprint density at radius 3 is 1.75 bits per heavy atom. The van der Waals surface area contributed by atoms with E-state index in [0.29, 0.717) is 0 Å². The van der Waals surface area contributed by atoms with Gasteiger partial charge < -0.3 is 4.90 Å². The normalized spacial score (nSPS) is 16.2. The Labute approximate surface area is 369 Å². The summed E-state index contributed by atoms with van der Waals surface area (Å²) >= 11 is 0. The first-order valence-electron chi connectivity index (χ1n) is 22.5. The SMILES string of the molecule is CC1(C)c2ccccc2-c2cccc(-c3ccc(N(c4ccc(-c5ccc6c(ccc7ccccc76)c5)cc4)c4ccc5c(c4)C4(CCc6ccccc64)c4ccccc4-5)cc3)c21. The molecule has 0 amide bonds. The third-order valence-electron chi connectivity index (χ3n) is 14.9. The van der Waals surface area contributed by atoms with E-state index in [9.17, 15) is 0 Å². The van der Waals surface area contributed by atoms with Crippen LogP contribution in [0.15, 0.2) is 212 Å². The van der Waals surface area contributed by atoms with Crippen molar-refractivity contribution in [3.63, 3.8) is 0 Å². The second kappa shape index (κ2) is 13.5. The molecular weight excluding hydrogens is 759 g/mol. The van der Waals surface area contributed by atoms with Crippen LogP contribution in [0.5, 0.6) is 0 Å². The van der Waals surface area contributed by atoms with Crippen molar-refractivity contribution in [3.8, 4) is 44.5 Å². The van der Waals surface area contributed by atoms with Crippen LogP contribution in [0, 0.1) is 0 Å². The predicted molar refractivity (Wildman–Crippen MR) is 265 cm³/mol. The molecule has 0 aliphatic heterocycles. The van der Waals surface area contributed by atoms with E-state index in [2.05, 4.69) is 231 Å². The van der Waals surface area contributed by atoms with Crippen LogP contribution in [0.25, 0.3) is 66.1 Å². The van der Waals surface area contributed by atoms with Gasteiger partial charge in [0.15, 0.2) is 0 Å². The summed E-state index contributed by atoms with van der Waals surface area (Å²) in [4.78, 5) is 2.47. The molecule has 1 heteroatoms. The van der Waals surface area contributed by atoms with Crippen molar-refractivity contribution in [2.75, 3.05) is 4.90 Å². The predicted octanol–water partition coefficient (Wildman–Crippen LogP) is 16.4. The van der Waals surface area contributed by atoms with Crippen molar-refractivity contribution in [2.24, 2.45) is 0 Å². The van der Waals surface area contributed by atoms with Crippen molar-refractivity contribution < 1.29 is 0 Å². The van der Waals surface area contributed by atoms with Gasteiger partial charge in [-0.2, -0.15) is 0 Å². The summed E-state index contributed by atoms with van der Waals surface area (Å²) in [7, 11) is 0. The molecule has 1 unspecified atom stereocenters. The first-order valence-corrected chi connectivity index (χ1v) is 22.5. The number of hydrogen-bond acceptors (Lipinski definition) is 1. The molecule has 10 aromatic carbocycles. The summed E-state index contributed by atoms with van der Waals surface area (Å²) in [6.07, 6.45) is 2.16. The first-order chi connectivity index (χ1) is 31.0. The molecule has 1 atom stereocenters. The van der Waals surface area contributed by atoms with E-state index in [-0.39, 0.29) is 10.8 Å². The highest BCUT2D eigenvalue weighted by Gasteiger charge is 2.48. The third-order valence-corrected chi connectivity index (χ3v) is 14.9. The molecule has 0 bridgehead atoms. The molecule has 0 saturated carbocycles. The third kappa shape index (κ3) is 5.23. The zero-order valence-corrected chi connectivity index (χ0v) is 35.6.